The number of furan rings is 1. The second-order valence-corrected chi connectivity index (χ2v) is 6.34. The quantitative estimate of drug-likeness (QED) is 0.856. The van der Waals surface area contributed by atoms with Gasteiger partial charge in [-0.05, 0) is 44.0 Å². The predicted molar refractivity (Wildman–Crippen MR) is 88.8 cm³/mol. The molecule has 2 rings (SSSR count). The van der Waals surface area contributed by atoms with Crippen molar-refractivity contribution in [3.05, 3.63) is 59.5 Å². The zero-order valence-electron chi connectivity index (χ0n) is 13.9. The first-order valence-corrected chi connectivity index (χ1v) is 7.68. The SMILES string of the molecule is CC(C)(C)OCc1cccc(CNC(=O)NCc2ccco2)c1. The van der Waals surface area contributed by atoms with E-state index in [1.807, 2.05) is 51.1 Å². The van der Waals surface area contributed by atoms with Crippen molar-refractivity contribution < 1.29 is 13.9 Å². The Balaban J connectivity index is 1.77. The third-order valence-electron chi connectivity index (χ3n) is 3.12. The van der Waals surface area contributed by atoms with E-state index in [9.17, 15) is 4.79 Å². The van der Waals surface area contributed by atoms with E-state index in [4.69, 9.17) is 9.15 Å². The Morgan fingerprint density at radius 1 is 1.09 bits per heavy atom. The highest BCUT2D eigenvalue weighted by Crippen LogP contribution is 2.13. The summed E-state index contributed by atoms with van der Waals surface area (Å²) in [6, 6.07) is 11.4. The molecule has 0 aliphatic heterocycles. The van der Waals surface area contributed by atoms with E-state index in [0.29, 0.717) is 19.7 Å². The highest BCUT2D eigenvalue weighted by molar-refractivity contribution is 5.73. The molecule has 5 heteroatoms. The molecule has 124 valence electrons. The molecule has 5 nitrogen and oxygen atoms in total. The summed E-state index contributed by atoms with van der Waals surface area (Å²) in [5.74, 6) is 0.724. The van der Waals surface area contributed by atoms with Crippen LogP contribution in [0.2, 0.25) is 0 Å². The fraction of sp³-hybridized carbons (Fsp3) is 0.389. The average molecular weight is 316 g/mol. The lowest BCUT2D eigenvalue weighted by Gasteiger charge is -2.19. The highest BCUT2D eigenvalue weighted by Gasteiger charge is 2.10. The lowest BCUT2D eigenvalue weighted by atomic mass is 10.1. The second-order valence-electron chi connectivity index (χ2n) is 6.34. The van der Waals surface area contributed by atoms with Crippen LogP contribution < -0.4 is 10.6 Å². The smallest absolute Gasteiger partial charge is 0.315 e. The Labute approximate surface area is 137 Å². The first-order valence-electron chi connectivity index (χ1n) is 7.68. The molecule has 2 amide bonds. The van der Waals surface area contributed by atoms with Crippen LogP contribution in [-0.2, 0) is 24.4 Å². The fourth-order valence-corrected chi connectivity index (χ4v) is 1.95. The predicted octanol–water partition coefficient (Wildman–Crippen LogP) is 3.59. The third-order valence-corrected chi connectivity index (χ3v) is 3.12. The number of hydrogen-bond donors (Lipinski definition) is 2. The minimum Gasteiger partial charge on any atom is -0.467 e. The van der Waals surface area contributed by atoms with Crippen molar-refractivity contribution in [3.8, 4) is 0 Å². The summed E-state index contributed by atoms with van der Waals surface area (Å²) >= 11 is 0. The molecule has 0 saturated carbocycles. The Bertz CT molecular complexity index is 615. The van der Waals surface area contributed by atoms with Gasteiger partial charge in [0, 0.05) is 6.54 Å². The third kappa shape index (κ3) is 6.57. The van der Waals surface area contributed by atoms with E-state index in [1.165, 1.54) is 0 Å². The molecule has 0 spiro atoms. The van der Waals surface area contributed by atoms with Crippen LogP contribution in [0, 0.1) is 0 Å². The zero-order chi connectivity index (χ0) is 16.7. The number of ether oxygens (including phenoxy) is 1. The van der Waals surface area contributed by atoms with Crippen LogP contribution >= 0.6 is 0 Å². The average Bonchev–Trinajstić information content (AvgIpc) is 3.02. The minimum absolute atomic E-state index is 0.167. The van der Waals surface area contributed by atoms with Crippen molar-refractivity contribution in [2.24, 2.45) is 0 Å². The number of carbonyl (C=O) groups excluding carboxylic acids is 1. The van der Waals surface area contributed by atoms with Gasteiger partial charge in [-0.2, -0.15) is 0 Å². The summed E-state index contributed by atoms with van der Waals surface area (Å²) in [6.07, 6.45) is 1.58. The molecule has 1 aromatic carbocycles. The van der Waals surface area contributed by atoms with Gasteiger partial charge in [0.15, 0.2) is 0 Å². The van der Waals surface area contributed by atoms with Gasteiger partial charge in [0.2, 0.25) is 0 Å². The Morgan fingerprint density at radius 2 is 1.83 bits per heavy atom. The van der Waals surface area contributed by atoms with Gasteiger partial charge in [-0.25, -0.2) is 4.79 Å². The van der Waals surface area contributed by atoms with E-state index in [1.54, 1.807) is 12.3 Å². The molecule has 1 aromatic heterocycles. The zero-order valence-corrected chi connectivity index (χ0v) is 13.9. The molecular weight excluding hydrogens is 292 g/mol. The maximum atomic E-state index is 11.8. The normalized spacial score (nSPS) is 11.3. The molecule has 0 unspecified atom stereocenters. The van der Waals surface area contributed by atoms with Crippen molar-refractivity contribution in [3.63, 3.8) is 0 Å². The molecule has 0 radical (unpaired) electrons. The number of benzene rings is 1. The lowest BCUT2D eigenvalue weighted by Crippen LogP contribution is -2.34. The Kier molecular flexibility index (Phi) is 5.82. The van der Waals surface area contributed by atoms with E-state index in [0.717, 1.165) is 16.9 Å². The molecular formula is C18H24N2O3. The maximum Gasteiger partial charge on any atom is 0.315 e. The minimum atomic E-state index is -0.224. The summed E-state index contributed by atoms with van der Waals surface area (Å²) in [5.41, 5.74) is 1.96. The van der Waals surface area contributed by atoms with Gasteiger partial charge in [-0.15, -0.1) is 0 Å². The highest BCUT2D eigenvalue weighted by atomic mass is 16.5. The van der Waals surface area contributed by atoms with E-state index in [-0.39, 0.29) is 11.6 Å². The molecule has 0 aliphatic rings. The Hall–Kier alpha value is -2.27. The molecule has 1 heterocycles. The van der Waals surface area contributed by atoms with Gasteiger partial charge in [-0.1, -0.05) is 24.3 Å². The summed E-state index contributed by atoms with van der Waals surface area (Å²) in [7, 11) is 0. The first-order chi connectivity index (χ1) is 10.9. The largest absolute Gasteiger partial charge is 0.467 e. The van der Waals surface area contributed by atoms with Crippen molar-refractivity contribution in [1.29, 1.82) is 0 Å². The van der Waals surface area contributed by atoms with Gasteiger partial charge >= 0.3 is 6.03 Å². The number of amides is 2. The number of carbonyl (C=O) groups is 1. The van der Waals surface area contributed by atoms with E-state index in [2.05, 4.69) is 10.6 Å². The van der Waals surface area contributed by atoms with Gasteiger partial charge in [0.05, 0.1) is 25.0 Å². The lowest BCUT2D eigenvalue weighted by molar-refractivity contribution is -0.0149. The molecule has 0 atom stereocenters. The topological polar surface area (TPSA) is 63.5 Å². The van der Waals surface area contributed by atoms with Crippen LogP contribution in [0.3, 0.4) is 0 Å². The molecule has 23 heavy (non-hydrogen) atoms. The Morgan fingerprint density at radius 3 is 2.52 bits per heavy atom. The monoisotopic (exact) mass is 316 g/mol. The summed E-state index contributed by atoms with van der Waals surface area (Å²) in [5, 5.41) is 5.57. The summed E-state index contributed by atoms with van der Waals surface area (Å²) < 4.78 is 10.9. The van der Waals surface area contributed by atoms with Crippen molar-refractivity contribution in [2.45, 2.75) is 46.1 Å². The fourth-order valence-electron chi connectivity index (χ4n) is 1.95. The van der Waals surface area contributed by atoms with Gasteiger partial charge in [-0.3, -0.25) is 0 Å². The number of nitrogens with one attached hydrogen (secondary N) is 2. The van der Waals surface area contributed by atoms with Gasteiger partial charge < -0.3 is 19.8 Å². The van der Waals surface area contributed by atoms with Crippen LogP contribution in [0.4, 0.5) is 4.79 Å². The maximum absolute atomic E-state index is 11.8. The van der Waals surface area contributed by atoms with Crippen LogP contribution in [-0.4, -0.2) is 11.6 Å². The van der Waals surface area contributed by atoms with Crippen molar-refractivity contribution in [2.75, 3.05) is 0 Å². The van der Waals surface area contributed by atoms with E-state index >= 15 is 0 Å². The van der Waals surface area contributed by atoms with Crippen LogP contribution in [0.1, 0.15) is 37.7 Å². The molecule has 0 fully saturated rings. The first kappa shape index (κ1) is 17.1. The van der Waals surface area contributed by atoms with Crippen molar-refractivity contribution in [1.82, 2.24) is 10.6 Å². The molecule has 2 aromatic rings. The molecule has 0 saturated heterocycles. The molecule has 2 N–H and O–H groups in total. The molecule has 0 aliphatic carbocycles. The second kappa shape index (κ2) is 7.83. The molecule has 0 bridgehead atoms. The number of rotatable bonds is 6. The van der Waals surface area contributed by atoms with Gasteiger partial charge in [0.25, 0.3) is 0 Å². The summed E-state index contributed by atoms with van der Waals surface area (Å²) in [6.45, 7) is 7.49. The van der Waals surface area contributed by atoms with Crippen LogP contribution in [0.15, 0.2) is 47.1 Å². The van der Waals surface area contributed by atoms with Gasteiger partial charge in [0.1, 0.15) is 5.76 Å². The number of hydrogen-bond acceptors (Lipinski definition) is 3. The number of urea groups is 1. The van der Waals surface area contributed by atoms with Crippen molar-refractivity contribution >= 4 is 6.03 Å². The summed E-state index contributed by atoms with van der Waals surface area (Å²) in [4.78, 5) is 11.8. The van der Waals surface area contributed by atoms with Crippen LogP contribution in [0.25, 0.3) is 0 Å². The van der Waals surface area contributed by atoms with Crippen LogP contribution in [0.5, 0.6) is 0 Å². The van der Waals surface area contributed by atoms with E-state index < -0.39 is 0 Å². The standard InChI is InChI=1S/C18H24N2O3/c1-18(2,3)23-13-15-7-4-6-14(10-15)11-19-17(21)20-12-16-8-5-9-22-16/h4-10H,11-13H2,1-3H3,(H2,19,20,21).